The Morgan fingerprint density at radius 3 is 2.53 bits per heavy atom. The van der Waals surface area contributed by atoms with Crippen LogP contribution in [-0.2, 0) is 12.5 Å². The number of rotatable bonds is 3. The Labute approximate surface area is 102 Å². The molecule has 96 valence electrons. The zero-order chi connectivity index (χ0) is 13.2. The molecular formula is C12H21N3O2. The Bertz CT molecular complexity index is 404. The molecule has 5 nitrogen and oxygen atoms in total. The van der Waals surface area contributed by atoms with Gasteiger partial charge >= 0.3 is 0 Å². The molecule has 1 N–H and O–H groups in total. The first-order chi connectivity index (χ1) is 7.77. The van der Waals surface area contributed by atoms with Gasteiger partial charge in [-0.1, -0.05) is 20.8 Å². The molecule has 0 radical (unpaired) electrons. The maximum atomic E-state index is 12.0. The van der Waals surface area contributed by atoms with Gasteiger partial charge in [0.15, 0.2) is 0 Å². The quantitative estimate of drug-likeness (QED) is 0.848. The number of nitrogens with zero attached hydrogens (tertiary/aromatic N) is 3. The van der Waals surface area contributed by atoms with Crippen LogP contribution in [0.3, 0.4) is 0 Å². The molecule has 0 spiro atoms. The van der Waals surface area contributed by atoms with Gasteiger partial charge in [-0.3, -0.25) is 9.48 Å². The molecule has 0 aliphatic rings. The highest BCUT2D eigenvalue weighted by Gasteiger charge is 2.23. The van der Waals surface area contributed by atoms with E-state index in [9.17, 15) is 4.79 Å². The SMILES string of the molecule is CN(CCO)C(=O)c1cc(C(C)(C)C)nn1C. The highest BCUT2D eigenvalue weighted by molar-refractivity contribution is 5.92. The molecule has 17 heavy (non-hydrogen) atoms. The van der Waals surface area contributed by atoms with Gasteiger partial charge in [0.1, 0.15) is 5.69 Å². The average molecular weight is 239 g/mol. The number of hydrogen-bond acceptors (Lipinski definition) is 3. The van der Waals surface area contributed by atoms with Crippen LogP contribution < -0.4 is 0 Å². The number of aliphatic hydroxyl groups is 1. The molecule has 1 rings (SSSR count). The summed E-state index contributed by atoms with van der Waals surface area (Å²) >= 11 is 0. The van der Waals surface area contributed by atoms with E-state index in [0.29, 0.717) is 12.2 Å². The summed E-state index contributed by atoms with van der Waals surface area (Å²) in [6.07, 6.45) is 0. The summed E-state index contributed by atoms with van der Waals surface area (Å²) in [5.41, 5.74) is 1.36. The van der Waals surface area contributed by atoms with Crippen molar-refractivity contribution < 1.29 is 9.90 Å². The van der Waals surface area contributed by atoms with Crippen molar-refractivity contribution >= 4 is 5.91 Å². The predicted molar refractivity (Wildman–Crippen MR) is 66.0 cm³/mol. The lowest BCUT2D eigenvalue weighted by Gasteiger charge is -2.15. The summed E-state index contributed by atoms with van der Waals surface area (Å²) in [5.74, 6) is -0.121. The van der Waals surface area contributed by atoms with E-state index in [2.05, 4.69) is 25.9 Å². The smallest absolute Gasteiger partial charge is 0.271 e. The van der Waals surface area contributed by atoms with E-state index in [0.717, 1.165) is 5.69 Å². The molecule has 1 aromatic heterocycles. The lowest BCUT2D eigenvalue weighted by Crippen LogP contribution is -2.30. The molecule has 0 unspecified atom stereocenters. The van der Waals surface area contributed by atoms with Crippen molar-refractivity contribution in [3.63, 3.8) is 0 Å². The first-order valence-corrected chi connectivity index (χ1v) is 5.68. The summed E-state index contributed by atoms with van der Waals surface area (Å²) in [4.78, 5) is 13.5. The largest absolute Gasteiger partial charge is 0.395 e. The molecule has 0 fully saturated rings. The fourth-order valence-corrected chi connectivity index (χ4v) is 1.48. The van der Waals surface area contributed by atoms with Gasteiger partial charge < -0.3 is 10.0 Å². The topological polar surface area (TPSA) is 58.4 Å². The minimum atomic E-state index is -0.121. The molecule has 0 aliphatic heterocycles. The van der Waals surface area contributed by atoms with Gasteiger partial charge in [-0.05, 0) is 6.07 Å². The normalized spacial score (nSPS) is 11.6. The van der Waals surface area contributed by atoms with Crippen molar-refractivity contribution in [2.45, 2.75) is 26.2 Å². The van der Waals surface area contributed by atoms with Crippen molar-refractivity contribution in [3.8, 4) is 0 Å². The minimum absolute atomic E-state index is 0.0355. The highest BCUT2D eigenvalue weighted by atomic mass is 16.3. The lowest BCUT2D eigenvalue weighted by molar-refractivity contribution is 0.0756. The molecular weight excluding hydrogens is 218 g/mol. The summed E-state index contributed by atoms with van der Waals surface area (Å²) in [7, 11) is 3.43. The van der Waals surface area contributed by atoms with Crippen LogP contribution in [0.25, 0.3) is 0 Å². The number of aryl methyl sites for hydroxylation is 1. The number of aromatic nitrogens is 2. The second-order valence-corrected chi connectivity index (χ2v) is 5.24. The van der Waals surface area contributed by atoms with Crippen molar-refractivity contribution in [2.24, 2.45) is 7.05 Å². The molecule has 0 aliphatic carbocycles. The van der Waals surface area contributed by atoms with Gasteiger partial charge in [-0.15, -0.1) is 0 Å². The minimum Gasteiger partial charge on any atom is -0.395 e. The Kier molecular flexibility index (Phi) is 3.93. The fraction of sp³-hybridized carbons (Fsp3) is 0.667. The Morgan fingerprint density at radius 2 is 2.12 bits per heavy atom. The van der Waals surface area contributed by atoms with Crippen molar-refractivity contribution in [1.82, 2.24) is 14.7 Å². The van der Waals surface area contributed by atoms with E-state index in [1.54, 1.807) is 18.8 Å². The zero-order valence-electron chi connectivity index (χ0n) is 11.2. The van der Waals surface area contributed by atoms with Crippen molar-refractivity contribution in [3.05, 3.63) is 17.5 Å². The molecule has 1 amide bonds. The van der Waals surface area contributed by atoms with Gasteiger partial charge in [0.2, 0.25) is 0 Å². The van der Waals surface area contributed by atoms with Crippen LogP contribution in [0.5, 0.6) is 0 Å². The lowest BCUT2D eigenvalue weighted by atomic mass is 9.92. The van der Waals surface area contributed by atoms with E-state index >= 15 is 0 Å². The number of amides is 1. The van der Waals surface area contributed by atoms with Crippen LogP contribution in [0.4, 0.5) is 0 Å². The van der Waals surface area contributed by atoms with Crippen molar-refractivity contribution in [1.29, 1.82) is 0 Å². The van der Waals surface area contributed by atoms with E-state index < -0.39 is 0 Å². The van der Waals surface area contributed by atoms with E-state index in [1.165, 1.54) is 4.90 Å². The maximum absolute atomic E-state index is 12.0. The number of carbonyl (C=O) groups is 1. The number of carbonyl (C=O) groups excluding carboxylic acids is 1. The molecule has 0 aromatic carbocycles. The predicted octanol–water partition coefficient (Wildman–Crippen LogP) is 0.782. The van der Waals surface area contributed by atoms with Gasteiger partial charge in [0.05, 0.1) is 12.3 Å². The summed E-state index contributed by atoms with van der Waals surface area (Å²) in [6.45, 7) is 6.46. The maximum Gasteiger partial charge on any atom is 0.271 e. The van der Waals surface area contributed by atoms with Crippen LogP contribution in [0.1, 0.15) is 37.0 Å². The Balaban J connectivity index is 2.99. The zero-order valence-corrected chi connectivity index (χ0v) is 11.2. The third-order valence-electron chi connectivity index (χ3n) is 2.65. The molecule has 0 saturated heterocycles. The van der Waals surface area contributed by atoms with Crippen LogP contribution in [0.15, 0.2) is 6.07 Å². The second kappa shape index (κ2) is 4.87. The first-order valence-electron chi connectivity index (χ1n) is 5.68. The summed E-state index contributed by atoms with van der Waals surface area (Å²) in [6, 6.07) is 1.82. The number of hydrogen-bond donors (Lipinski definition) is 1. The van der Waals surface area contributed by atoms with Crippen LogP contribution in [0, 0.1) is 0 Å². The van der Waals surface area contributed by atoms with E-state index in [4.69, 9.17) is 5.11 Å². The van der Waals surface area contributed by atoms with Crippen molar-refractivity contribution in [2.75, 3.05) is 20.2 Å². The van der Waals surface area contributed by atoms with Gasteiger partial charge in [-0.25, -0.2) is 0 Å². The fourth-order valence-electron chi connectivity index (χ4n) is 1.48. The van der Waals surface area contributed by atoms with Gasteiger partial charge in [-0.2, -0.15) is 5.10 Å². The van der Waals surface area contributed by atoms with Crippen LogP contribution in [0.2, 0.25) is 0 Å². The third-order valence-corrected chi connectivity index (χ3v) is 2.65. The van der Waals surface area contributed by atoms with Gasteiger partial charge in [0.25, 0.3) is 5.91 Å². The summed E-state index contributed by atoms with van der Waals surface area (Å²) < 4.78 is 1.59. The molecule has 0 bridgehead atoms. The molecule has 1 heterocycles. The monoisotopic (exact) mass is 239 g/mol. The highest BCUT2D eigenvalue weighted by Crippen LogP contribution is 2.21. The van der Waals surface area contributed by atoms with E-state index in [1.807, 2.05) is 6.07 Å². The third kappa shape index (κ3) is 3.06. The second-order valence-electron chi connectivity index (χ2n) is 5.24. The summed E-state index contributed by atoms with van der Waals surface area (Å²) in [5, 5.41) is 13.2. The number of aliphatic hydroxyl groups excluding tert-OH is 1. The standard InChI is InChI=1S/C12H21N3O2/c1-12(2,3)10-8-9(15(5)13-10)11(17)14(4)6-7-16/h8,16H,6-7H2,1-5H3. The average Bonchev–Trinajstić information content (AvgIpc) is 2.59. The molecule has 5 heteroatoms. The first kappa shape index (κ1) is 13.7. The van der Waals surface area contributed by atoms with Crippen LogP contribution in [-0.4, -0.2) is 45.9 Å². The molecule has 0 atom stereocenters. The van der Waals surface area contributed by atoms with Gasteiger partial charge in [0, 0.05) is 26.1 Å². The molecule has 1 aromatic rings. The Morgan fingerprint density at radius 1 is 1.53 bits per heavy atom. The number of likely N-dealkylation sites (N-methyl/N-ethyl adjacent to an activating group) is 1. The molecule has 0 saturated carbocycles. The van der Waals surface area contributed by atoms with Crippen LogP contribution >= 0.6 is 0 Å². The Hall–Kier alpha value is -1.36. The van der Waals surface area contributed by atoms with E-state index in [-0.39, 0.29) is 17.9 Å².